The van der Waals surface area contributed by atoms with Crippen LogP contribution in [0, 0.1) is 0 Å². The van der Waals surface area contributed by atoms with Crippen LogP contribution in [-0.2, 0) is 0 Å². The molecule has 1 saturated carbocycles. The van der Waals surface area contributed by atoms with Crippen LogP contribution in [0.1, 0.15) is 44.2 Å². The number of carbonyl (C=O) groups excluding carboxylic acids is 1. The number of hydrogen-bond acceptors (Lipinski definition) is 2. The summed E-state index contributed by atoms with van der Waals surface area (Å²) in [7, 11) is 0. The summed E-state index contributed by atoms with van der Waals surface area (Å²) in [6.45, 7) is 1.91. The quantitative estimate of drug-likeness (QED) is 0.768. The lowest BCUT2D eigenvalue weighted by molar-refractivity contribution is 0.248. The molecule has 1 aromatic carbocycles. The Kier molecular flexibility index (Phi) is 4.20. The smallest absolute Gasteiger partial charge is 0.319 e. The Morgan fingerprint density at radius 3 is 2.67 bits per heavy atom. The minimum absolute atomic E-state index is 0.0898. The normalized spacial score (nSPS) is 17.4. The second kappa shape index (κ2) is 5.87. The molecule has 4 heteroatoms. The van der Waals surface area contributed by atoms with Crippen molar-refractivity contribution in [3.8, 4) is 0 Å². The van der Waals surface area contributed by atoms with Gasteiger partial charge in [0.25, 0.3) is 0 Å². The molecular formula is C14H21N3O. The lowest BCUT2D eigenvalue weighted by atomic mass is 10.1. The number of amides is 2. The highest BCUT2D eigenvalue weighted by Crippen LogP contribution is 2.21. The summed E-state index contributed by atoms with van der Waals surface area (Å²) in [6, 6.07) is 7.76. The number of benzene rings is 1. The lowest BCUT2D eigenvalue weighted by Crippen LogP contribution is -2.36. The first kappa shape index (κ1) is 12.9. The van der Waals surface area contributed by atoms with Crippen molar-refractivity contribution in [3.63, 3.8) is 0 Å². The minimum Gasteiger partial charge on any atom is -0.335 e. The molecule has 18 heavy (non-hydrogen) atoms. The van der Waals surface area contributed by atoms with Gasteiger partial charge in [0, 0.05) is 17.8 Å². The van der Waals surface area contributed by atoms with Crippen molar-refractivity contribution >= 4 is 11.7 Å². The lowest BCUT2D eigenvalue weighted by Gasteiger charge is -2.16. The van der Waals surface area contributed by atoms with Crippen molar-refractivity contribution in [1.29, 1.82) is 0 Å². The third-order valence-electron chi connectivity index (χ3n) is 3.39. The zero-order chi connectivity index (χ0) is 13.0. The molecule has 4 nitrogen and oxygen atoms in total. The molecule has 0 spiro atoms. The molecule has 0 radical (unpaired) electrons. The maximum Gasteiger partial charge on any atom is 0.319 e. The first-order chi connectivity index (χ1) is 8.66. The Hall–Kier alpha value is -1.55. The molecule has 2 amide bonds. The zero-order valence-electron chi connectivity index (χ0n) is 10.8. The molecule has 98 valence electrons. The molecule has 1 fully saturated rings. The van der Waals surface area contributed by atoms with Crippen molar-refractivity contribution in [2.45, 2.75) is 44.7 Å². The Bertz CT molecular complexity index is 411. The standard InChI is InChI=1S/C14H21N3O/c1-10(15)12-8-4-5-9-13(12)17-14(18)16-11-6-2-3-7-11/h4-5,8-11H,2-3,6-7,15H2,1H3,(H2,16,17,18). The Morgan fingerprint density at radius 1 is 1.33 bits per heavy atom. The van der Waals surface area contributed by atoms with Gasteiger partial charge in [-0.25, -0.2) is 4.79 Å². The van der Waals surface area contributed by atoms with Crippen LogP contribution >= 0.6 is 0 Å². The van der Waals surface area contributed by atoms with Gasteiger partial charge in [-0.3, -0.25) is 0 Å². The average Bonchev–Trinajstić information content (AvgIpc) is 2.82. The first-order valence-electron chi connectivity index (χ1n) is 6.59. The van der Waals surface area contributed by atoms with E-state index in [9.17, 15) is 4.79 Å². The topological polar surface area (TPSA) is 67.1 Å². The molecular weight excluding hydrogens is 226 g/mol. The zero-order valence-corrected chi connectivity index (χ0v) is 10.8. The van der Waals surface area contributed by atoms with Crippen LogP contribution in [0.15, 0.2) is 24.3 Å². The van der Waals surface area contributed by atoms with E-state index in [1.807, 2.05) is 31.2 Å². The van der Waals surface area contributed by atoms with Gasteiger partial charge in [0.1, 0.15) is 0 Å². The first-order valence-corrected chi connectivity index (χ1v) is 6.59. The van der Waals surface area contributed by atoms with Gasteiger partial charge in [-0.05, 0) is 31.4 Å². The molecule has 1 aromatic rings. The summed E-state index contributed by atoms with van der Waals surface area (Å²) in [4.78, 5) is 11.9. The summed E-state index contributed by atoms with van der Waals surface area (Å²) >= 11 is 0. The molecule has 1 atom stereocenters. The van der Waals surface area contributed by atoms with Crippen LogP contribution in [0.5, 0.6) is 0 Å². The van der Waals surface area contributed by atoms with E-state index in [1.165, 1.54) is 12.8 Å². The molecule has 1 unspecified atom stereocenters. The van der Waals surface area contributed by atoms with Gasteiger partial charge >= 0.3 is 6.03 Å². The van der Waals surface area contributed by atoms with Gasteiger partial charge in [-0.1, -0.05) is 31.0 Å². The highest BCUT2D eigenvalue weighted by atomic mass is 16.2. The Balaban J connectivity index is 1.97. The van der Waals surface area contributed by atoms with Gasteiger partial charge in [-0.15, -0.1) is 0 Å². The number of nitrogens with two attached hydrogens (primary N) is 1. The van der Waals surface area contributed by atoms with Crippen LogP contribution in [-0.4, -0.2) is 12.1 Å². The molecule has 0 aliphatic heterocycles. The third kappa shape index (κ3) is 3.23. The van der Waals surface area contributed by atoms with Crippen LogP contribution < -0.4 is 16.4 Å². The molecule has 0 heterocycles. The van der Waals surface area contributed by atoms with E-state index in [2.05, 4.69) is 10.6 Å². The van der Waals surface area contributed by atoms with E-state index in [0.29, 0.717) is 6.04 Å². The molecule has 2 rings (SSSR count). The highest BCUT2D eigenvalue weighted by Gasteiger charge is 2.17. The number of nitrogens with one attached hydrogen (secondary N) is 2. The van der Waals surface area contributed by atoms with Crippen molar-refractivity contribution < 1.29 is 4.79 Å². The molecule has 0 bridgehead atoms. The van der Waals surface area contributed by atoms with Crippen molar-refractivity contribution in [2.75, 3.05) is 5.32 Å². The second-order valence-electron chi connectivity index (χ2n) is 4.96. The van der Waals surface area contributed by atoms with Crippen molar-refractivity contribution in [2.24, 2.45) is 5.73 Å². The summed E-state index contributed by atoms with van der Waals surface area (Å²) in [5.74, 6) is 0. The van der Waals surface area contributed by atoms with Crippen LogP contribution in [0.2, 0.25) is 0 Å². The molecule has 1 aliphatic rings. The monoisotopic (exact) mass is 247 g/mol. The van der Waals surface area contributed by atoms with Gasteiger partial charge in [0.2, 0.25) is 0 Å². The molecule has 4 N–H and O–H groups in total. The number of anilines is 1. The van der Waals surface area contributed by atoms with E-state index in [4.69, 9.17) is 5.73 Å². The summed E-state index contributed by atoms with van der Waals surface area (Å²) < 4.78 is 0. The van der Waals surface area contributed by atoms with E-state index < -0.39 is 0 Å². The third-order valence-corrected chi connectivity index (χ3v) is 3.39. The molecule has 0 aromatic heterocycles. The number of urea groups is 1. The molecule has 0 saturated heterocycles. The maximum atomic E-state index is 11.9. The largest absolute Gasteiger partial charge is 0.335 e. The predicted molar refractivity (Wildman–Crippen MR) is 73.5 cm³/mol. The fourth-order valence-electron chi connectivity index (χ4n) is 2.42. The number of hydrogen-bond donors (Lipinski definition) is 3. The van der Waals surface area contributed by atoms with Crippen molar-refractivity contribution in [3.05, 3.63) is 29.8 Å². The predicted octanol–water partition coefficient (Wildman–Crippen LogP) is 2.77. The highest BCUT2D eigenvalue weighted by molar-refractivity contribution is 5.90. The van der Waals surface area contributed by atoms with Gasteiger partial charge in [-0.2, -0.15) is 0 Å². The summed E-state index contributed by atoms with van der Waals surface area (Å²) in [5.41, 5.74) is 7.63. The number of carbonyl (C=O) groups is 1. The van der Waals surface area contributed by atoms with Gasteiger partial charge in [0.15, 0.2) is 0 Å². The second-order valence-corrected chi connectivity index (χ2v) is 4.96. The van der Waals surface area contributed by atoms with Crippen LogP contribution in [0.3, 0.4) is 0 Å². The average molecular weight is 247 g/mol. The maximum absolute atomic E-state index is 11.9. The Morgan fingerprint density at radius 2 is 2.00 bits per heavy atom. The fraction of sp³-hybridized carbons (Fsp3) is 0.500. The van der Waals surface area contributed by atoms with E-state index in [0.717, 1.165) is 24.1 Å². The number of rotatable bonds is 3. The van der Waals surface area contributed by atoms with Gasteiger partial charge in [0.05, 0.1) is 0 Å². The molecule has 1 aliphatic carbocycles. The SMILES string of the molecule is CC(N)c1ccccc1NC(=O)NC1CCCC1. The minimum atomic E-state index is -0.130. The van der Waals surface area contributed by atoms with Gasteiger partial charge < -0.3 is 16.4 Å². The van der Waals surface area contributed by atoms with Crippen molar-refractivity contribution in [1.82, 2.24) is 5.32 Å². The van der Waals surface area contributed by atoms with Crippen LogP contribution in [0.25, 0.3) is 0 Å². The van der Waals surface area contributed by atoms with E-state index in [1.54, 1.807) is 0 Å². The summed E-state index contributed by atoms with van der Waals surface area (Å²) in [5, 5.41) is 5.89. The summed E-state index contributed by atoms with van der Waals surface area (Å²) in [6.07, 6.45) is 4.59. The Labute approximate surface area is 108 Å². The van der Waals surface area contributed by atoms with E-state index >= 15 is 0 Å². The van der Waals surface area contributed by atoms with Crippen LogP contribution in [0.4, 0.5) is 10.5 Å². The van der Waals surface area contributed by atoms with E-state index in [-0.39, 0.29) is 12.1 Å². The number of para-hydroxylation sites is 1. The fourth-order valence-corrected chi connectivity index (χ4v) is 2.42.